The summed E-state index contributed by atoms with van der Waals surface area (Å²) in [4.78, 5) is 23.8. The first-order valence-corrected chi connectivity index (χ1v) is 8.77. The van der Waals surface area contributed by atoms with Gasteiger partial charge >= 0.3 is 5.97 Å². The van der Waals surface area contributed by atoms with Gasteiger partial charge in [-0.3, -0.25) is 4.79 Å². The molecule has 27 heavy (non-hydrogen) atoms. The summed E-state index contributed by atoms with van der Waals surface area (Å²) < 4.78 is 12.0. The Morgan fingerprint density at radius 2 is 1.93 bits per heavy atom. The largest absolute Gasteiger partial charge is 0.482 e. The lowest BCUT2D eigenvalue weighted by molar-refractivity contribution is -0.149. The van der Waals surface area contributed by atoms with E-state index in [0.717, 1.165) is 25.7 Å². The van der Waals surface area contributed by atoms with E-state index in [1.807, 2.05) is 10.8 Å². The molecule has 1 aromatic carbocycles. The number of rotatable bonds is 7. The molecule has 8 nitrogen and oxygen atoms in total. The Kier molecular flexibility index (Phi) is 6.05. The number of nitriles is 1. The topological polar surface area (TPSA) is 106 Å². The fourth-order valence-electron chi connectivity index (χ4n) is 2.99. The fraction of sp³-hybridized carbons (Fsp3) is 0.368. The van der Waals surface area contributed by atoms with E-state index in [9.17, 15) is 9.59 Å². The van der Waals surface area contributed by atoms with Crippen molar-refractivity contribution >= 4 is 17.7 Å². The number of esters is 1. The molecule has 0 saturated heterocycles. The summed E-state index contributed by atoms with van der Waals surface area (Å²) in [5, 5.41) is 15.7. The zero-order valence-corrected chi connectivity index (χ0v) is 14.8. The van der Waals surface area contributed by atoms with Gasteiger partial charge in [-0.2, -0.15) is 10.4 Å². The van der Waals surface area contributed by atoms with Crippen molar-refractivity contribution in [1.29, 1.82) is 5.26 Å². The Balaban J connectivity index is 1.41. The zero-order valence-electron chi connectivity index (χ0n) is 14.8. The second kappa shape index (κ2) is 8.85. The number of hydrogen-bond acceptors (Lipinski definition) is 6. The molecule has 0 spiro atoms. The van der Waals surface area contributed by atoms with Crippen molar-refractivity contribution in [2.45, 2.75) is 31.7 Å². The summed E-state index contributed by atoms with van der Waals surface area (Å²) in [5.41, 5.74) is 0.499. The lowest BCUT2D eigenvalue weighted by Gasteiger charge is -2.14. The molecule has 1 aromatic heterocycles. The number of carbonyl (C=O) groups excluding carboxylic acids is 2. The summed E-state index contributed by atoms with van der Waals surface area (Å²) >= 11 is 0. The number of ether oxygens (including phenoxy) is 2. The van der Waals surface area contributed by atoms with E-state index in [0.29, 0.717) is 23.2 Å². The van der Waals surface area contributed by atoms with Crippen LogP contribution in [-0.2, 0) is 14.3 Å². The average molecular weight is 368 g/mol. The van der Waals surface area contributed by atoms with E-state index < -0.39 is 18.5 Å². The molecule has 1 heterocycles. The number of benzene rings is 1. The second-order valence-corrected chi connectivity index (χ2v) is 6.23. The lowest BCUT2D eigenvalue weighted by Crippen LogP contribution is -2.25. The number of anilines is 1. The smallest absolute Gasteiger partial charge is 0.344 e. The highest BCUT2D eigenvalue weighted by Crippen LogP contribution is 2.31. The van der Waals surface area contributed by atoms with Crippen LogP contribution in [0.1, 0.15) is 37.3 Å². The molecule has 1 amide bonds. The Labute approximate surface area is 156 Å². The van der Waals surface area contributed by atoms with Crippen LogP contribution in [0.15, 0.2) is 36.5 Å². The molecule has 0 bridgehead atoms. The Morgan fingerprint density at radius 3 is 2.63 bits per heavy atom. The van der Waals surface area contributed by atoms with Gasteiger partial charge in [-0.25, -0.2) is 9.48 Å². The summed E-state index contributed by atoms with van der Waals surface area (Å²) in [5.74, 6) is -0.0343. The van der Waals surface area contributed by atoms with Gasteiger partial charge in [0, 0.05) is 6.07 Å². The third kappa shape index (κ3) is 5.07. The van der Waals surface area contributed by atoms with Crippen LogP contribution in [-0.4, -0.2) is 34.9 Å². The Morgan fingerprint density at radius 1 is 1.19 bits per heavy atom. The Hall–Kier alpha value is -3.34. The number of nitrogens with one attached hydrogen (secondary N) is 1. The quantitative estimate of drug-likeness (QED) is 0.752. The molecule has 3 rings (SSSR count). The minimum absolute atomic E-state index is 0.304. The minimum Gasteiger partial charge on any atom is -0.482 e. The molecule has 1 aliphatic rings. The van der Waals surface area contributed by atoms with Crippen molar-refractivity contribution in [2.75, 3.05) is 18.5 Å². The first-order chi connectivity index (χ1) is 13.2. The lowest BCUT2D eigenvalue weighted by atomic mass is 10.2. The van der Waals surface area contributed by atoms with Gasteiger partial charge in [0.05, 0.1) is 23.9 Å². The van der Waals surface area contributed by atoms with Crippen LogP contribution in [0.3, 0.4) is 0 Å². The van der Waals surface area contributed by atoms with E-state index in [-0.39, 0.29) is 6.61 Å². The second-order valence-electron chi connectivity index (χ2n) is 6.23. The van der Waals surface area contributed by atoms with Gasteiger partial charge in [-0.15, -0.1) is 0 Å². The first-order valence-electron chi connectivity index (χ1n) is 8.77. The number of hydrogen-bond donors (Lipinski definition) is 1. The zero-order chi connectivity index (χ0) is 19.1. The standard InChI is InChI=1S/C19H20N4O4/c20-11-14-5-7-16(8-6-14)26-13-19(25)27-12-18(24)22-17-9-10-21-23(17)15-3-1-2-4-15/h5-10,15H,1-4,12-13H2,(H,22,24). The van der Waals surface area contributed by atoms with E-state index in [1.165, 1.54) is 0 Å². The number of carbonyl (C=O) groups is 2. The predicted molar refractivity (Wildman–Crippen MR) is 96.0 cm³/mol. The maximum Gasteiger partial charge on any atom is 0.344 e. The summed E-state index contributed by atoms with van der Waals surface area (Å²) in [6.07, 6.45) is 6.06. The molecular weight excluding hydrogens is 348 g/mol. The molecule has 1 saturated carbocycles. The van der Waals surface area contributed by atoms with Gasteiger partial charge in [-0.05, 0) is 37.1 Å². The van der Waals surface area contributed by atoms with Gasteiger partial charge in [-0.1, -0.05) is 12.8 Å². The molecule has 0 atom stereocenters. The molecule has 0 aliphatic heterocycles. The maximum absolute atomic E-state index is 12.0. The molecule has 8 heteroatoms. The SMILES string of the molecule is N#Cc1ccc(OCC(=O)OCC(=O)Nc2ccnn2C2CCCC2)cc1. The molecule has 140 valence electrons. The molecule has 0 unspecified atom stereocenters. The van der Waals surface area contributed by atoms with Gasteiger partial charge < -0.3 is 14.8 Å². The van der Waals surface area contributed by atoms with E-state index in [2.05, 4.69) is 10.4 Å². The molecule has 1 N–H and O–H groups in total. The van der Waals surface area contributed by atoms with E-state index in [1.54, 1.807) is 36.5 Å². The van der Waals surface area contributed by atoms with Crippen LogP contribution >= 0.6 is 0 Å². The van der Waals surface area contributed by atoms with Crippen LogP contribution < -0.4 is 10.1 Å². The molecule has 0 radical (unpaired) electrons. The molecular formula is C19H20N4O4. The average Bonchev–Trinajstić information content (AvgIpc) is 3.36. The minimum atomic E-state index is -0.654. The number of aromatic nitrogens is 2. The van der Waals surface area contributed by atoms with Crippen LogP contribution in [0.4, 0.5) is 5.82 Å². The third-order valence-electron chi connectivity index (χ3n) is 4.31. The highest BCUT2D eigenvalue weighted by molar-refractivity contribution is 5.92. The van der Waals surface area contributed by atoms with Gasteiger partial charge in [0.15, 0.2) is 13.2 Å². The monoisotopic (exact) mass is 368 g/mol. The Bertz CT molecular complexity index is 832. The maximum atomic E-state index is 12.0. The van der Waals surface area contributed by atoms with Gasteiger partial charge in [0.25, 0.3) is 5.91 Å². The first kappa shape index (κ1) is 18.5. The van der Waals surface area contributed by atoms with Gasteiger partial charge in [0.2, 0.25) is 0 Å². The van der Waals surface area contributed by atoms with Crippen molar-refractivity contribution in [2.24, 2.45) is 0 Å². The van der Waals surface area contributed by atoms with Crippen LogP contribution in [0.2, 0.25) is 0 Å². The molecule has 1 aliphatic carbocycles. The van der Waals surface area contributed by atoms with E-state index in [4.69, 9.17) is 14.7 Å². The highest BCUT2D eigenvalue weighted by atomic mass is 16.6. The fourth-order valence-corrected chi connectivity index (χ4v) is 2.99. The molecule has 2 aromatic rings. The summed E-state index contributed by atoms with van der Waals surface area (Å²) in [7, 11) is 0. The molecule has 1 fully saturated rings. The normalized spacial score (nSPS) is 13.7. The van der Waals surface area contributed by atoms with Crippen LogP contribution in [0.5, 0.6) is 5.75 Å². The predicted octanol–water partition coefficient (Wildman–Crippen LogP) is 2.43. The van der Waals surface area contributed by atoms with Gasteiger partial charge in [0.1, 0.15) is 11.6 Å². The summed E-state index contributed by atoms with van der Waals surface area (Å²) in [6, 6.07) is 10.4. The van der Waals surface area contributed by atoms with E-state index >= 15 is 0 Å². The highest BCUT2D eigenvalue weighted by Gasteiger charge is 2.20. The third-order valence-corrected chi connectivity index (χ3v) is 4.31. The van der Waals surface area contributed by atoms with Crippen molar-refractivity contribution < 1.29 is 19.1 Å². The van der Waals surface area contributed by atoms with Crippen LogP contribution in [0.25, 0.3) is 0 Å². The van der Waals surface area contributed by atoms with Crippen molar-refractivity contribution in [1.82, 2.24) is 9.78 Å². The van der Waals surface area contributed by atoms with Crippen LogP contribution in [0, 0.1) is 11.3 Å². The van der Waals surface area contributed by atoms with Crippen molar-refractivity contribution in [3.8, 4) is 11.8 Å². The number of amides is 1. The van der Waals surface area contributed by atoms with Crippen molar-refractivity contribution in [3.05, 3.63) is 42.1 Å². The van der Waals surface area contributed by atoms with Crippen molar-refractivity contribution in [3.63, 3.8) is 0 Å². The summed E-state index contributed by atoms with van der Waals surface area (Å²) in [6.45, 7) is -0.718. The number of nitrogens with zero attached hydrogens (tertiary/aromatic N) is 3.